The van der Waals surface area contributed by atoms with Gasteiger partial charge < -0.3 is 14.8 Å². The van der Waals surface area contributed by atoms with Crippen LogP contribution in [0.15, 0.2) is 24.5 Å². The molecular weight excluding hydrogens is 216 g/mol. The molecule has 1 aromatic heterocycles. The van der Waals surface area contributed by atoms with Crippen LogP contribution in [0.25, 0.3) is 0 Å². The number of nitrogens with zero attached hydrogens (tertiary/aromatic N) is 1. The second-order valence-corrected chi connectivity index (χ2v) is 4.92. The van der Waals surface area contributed by atoms with Crippen LogP contribution in [-0.4, -0.2) is 44.0 Å². The van der Waals surface area contributed by atoms with E-state index in [1.54, 1.807) is 0 Å². The first kappa shape index (κ1) is 11.1. The topological polar surface area (TPSA) is 43.4 Å². The van der Waals surface area contributed by atoms with Gasteiger partial charge in [-0.15, -0.1) is 0 Å². The van der Waals surface area contributed by atoms with Gasteiger partial charge in [0.2, 0.25) is 0 Å². The summed E-state index contributed by atoms with van der Waals surface area (Å²) in [7, 11) is 0. The van der Waals surface area contributed by atoms with Gasteiger partial charge in [0.15, 0.2) is 0 Å². The lowest BCUT2D eigenvalue weighted by Gasteiger charge is -2.44. The van der Waals surface area contributed by atoms with Crippen LogP contribution in [0.4, 0.5) is 0 Å². The maximum absolute atomic E-state index is 5.79. The minimum Gasteiger partial charge on any atom is -0.379 e. The Morgan fingerprint density at radius 3 is 3.00 bits per heavy atom. The molecule has 2 aliphatic rings. The van der Waals surface area contributed by atoms with Crippen molar-refractivity contribution in [2.24, 2.45) is 0 Å². The van der Waals surface area contributed by atoms with Gasteiger partial charge in [-0.25, -0.2) is 0 Å². The Morgan fingerprint density at radius 2 is 2.41 bits per heavy atom. The summed E-state index contributed by atoms with van der Waals surface area (Å²) < 4.78 is 11.2. The first-order valence-electron chi connectivity index (χ1n) is 6.20. The molecule has 0 amide bonds. The zero-order valence-electron chi connectivity index (χ0n) is 9.89. The maximum atomic E-state index is 5.79. The van der Waals surface area contributed by atoms with Crippen LogP contribution in [0.2, 0.25) is 0 Å². The van der Waals surface area contributed by atoms with Crippen LogP contribution >= 0.6 is 0 Å². The monoisotopic (exact) mass is 234 g/mol. The zero-order chi connectivity index (χ0) is 11.6. The van der Waals surface area contributed by atoms with E-state index in [4.69, 9.17) is 9.47 Å². The van der Waals surface area contributed by atoms with E-state index in [2.05, 4.69) is 16.4 Å². The van der Waals surface area contributed by atoms with Crippen molar-refractivity contribution in [2.75, 3.05) is 32.9 Å². The minimum absolute atomic E-state index is 0.123. The molecule has 3 heterocycles. The number of rotatable bonds is 3. The van der Waals surface area contributed by atoms with Crippen LogP contribution in [0.3, 0.4) is 0 Å². The standard InChI is InChI=1S/C13H18N2O2/c1-2-11(7-14-3-1)13(9-16-10-13)6-12-8-15-4-5-17-12/h1-3,7,12,15H,4-6,8-10H2. The van der Waals surface area contributed by atoms with E-state index >= 15 is 0 Å². The van der Waals surface area contributed by atoms with Gasteiger partial charge in [0.05, 0.1) is 25.9 Å². The normalized spacial score (nSPS) is 27.4. The molecule has 0 spiro atoms. The SMILES string of the molecule is c1cncc(C2(CC3CNCCO3)COC2)c1. The van der Waals surface area contributed by atoms with Crippen molar-refractivity contribution >= 4 is 0 Å². The lowest BCUT2D eigenvalue weighted by Crippen LogP contribution is -2.52. The summed E-state index contributed by atoms with van der Waals surface area (Å²) in [5.41, 5.74) is 1.40. The van der Waals surface area contributed by atoms with E-state index in [1.165, 1.54) is 5.56 Å². The lowest BCUT2D eigenvalue weighted by molar-refractivity contribution is -0.0943. The van der Waals surface area contributed by atoms with Crippen molar-refractivity contribution in [1.82, 2.24) is 10.3 Å². The van der Waals surface area contributed by atoms with Crippen LogP contribution < -0.4 is 5.32 Å². The minimum atomic E-state index is 0.123. The number of hydrogen-bond acceptors (Lipinski definition) is 4. The van der Waals surface area contributed by atoms with Gasteiger partial charge >= 0.3 is 0 Å². The molecule has 4 heteroatoms. The van der Waals surface area contributed by atoms with Gasteiger partial charge in [-0.2, -0.15) is 0 Å². The molecule has 1 unspecified atom stereocenters. The number of morpholine rings is 1. The molecule has 0 aromatic carbocycles. The van der Waals surface area contributed by atoms with Crippen molar-refractivity contribution in [3.63, 3.8) is 0 Å². The van der Waals surface area contributed by atoms with Crippen molar-refractivity contribution in [3.8, 4) is 0 Å². The molecule has 2 fully saturated rings. The highest BCUT2D eigenvalue weighted by molar-refractivity contribution is 5.25. The molecule has 1 aromatic rings. The smallest absolute Gasteiger partial charge is 0.0710 e. The van der Waals surface area contributed by atoms with Gasteiger partial charge in [-0.05, 0) is 18.1 Å². The lowest BCUT2D eigenvalue weighted by atomic mass is 9.75. The quantitative estimate of drug-likeness (QED) is 0.837. The molecule has 0 bridgehead atoms. The fraction of sp³-hybridized carbons (Fsp3) is 0.615. The van der Waals surface area contributed by atoms with E-state index in [9.17, 15) is 0 Å². The van der Waals surface area contributed by atoms with Crippen molar-refractivity contribution in [1.29, 1.82) is 0 Å². The molecule has 2 saturated heterocycles. The third-order valence-electron chi connectivity index (χ3n) is 3.65. The highest BCUT2D eigenvalue weighted by Gasteiger charge is 2.42. The predicted octanol–water partition coefficient (Wildman–Crippen LogP) is 0.728. The van der Waals surface area contributed by atoms with E-state index in [0.717, 1.165) is 39.3 Å². The fourth-order valence-corrected chi connectivity index (χ4v) is 2.61. The third-order valence-corrected chi connectivity index (χ3v) is 3.65. The van der Waals surface area contributed by atoms with Crippen LogP contribution in [-0.2, 0) is 14.9 Å². The Kier molecular flexibility index (Phi) is 3.09. The third kappa shape index (κ3) is 2.20. The molecule has 3 rings (SSSR count). The summed E-state index contributed by atoms with van der Waals surface area (Å²) in [4.78, 5) is 4.21. The second-order valence-electron chi connectivity index (χ2n) is 4.92. The highest BCUT2D eigenvalue weighted by atomic mass is 16.5. The van der Waals surface area contributed by atoms with Gasteiger partial charge in [0.25, 0.3) is 0 Å². The Balaban J connectivity index is 1.73. The van der Waals surface area contributed by atoms with Crippen molar-refractivity contribution in [3.05, 3.63) is 30.1 Å². The summed E-state index contributed by atoms with van der Waals surface area (Å²) in [6.07, 6.45) is 5.09. The van der Waals surface area contributed by atoms with E-state index in [-0.39, 0.29) is 5.41 Å². The Morgan fingerprint density at radius 1 is 1.47 bits per heavy atom. The number of nitrogens with one attached hydrogen (secondary N) is 1. The van der Waals surface area contributed by atoms with E-state index in [1.807, 2.05) is 18.5 Å². The number of hydrogen-bond donors (Lipinski definition) is 1. The Bertz CT molecular complexity index is 359. The molecule has 0 aliphatic carbocycles. The number of aromatic nitrogens is 1. The van der Waals surface area contributed by atoms with Crippen LogP contribution in [0, 0.1) is 0 Å². The average molecular weight is 234 g/mol. The van der Waals surface area contributed by atoms with Crippen molar-refractivity contribution < 1.29 is 9.47 Å². The molecule has 0 saturated carbocycles. The summed E-state index contributed by atoms with van der Waals surface area (Å²) in [5.74, 6) is 0. The van der Waals surface area contributed by atoms with Gasteiger partial charge in [0.1, 0.15) is 0 Å². The maximum Gasteiger partial charge on any atom is 0.0710 e. The van der Waals surface area contributed by atoms with E-state index < -0.39 is 0 Å². The first-order chi connectivity index (χ1) is 8.39. The van der Waals surface area contributed by atoms with Crippen LogP contribution in [0.1, 0.15) is 12.0 Å². The number of ether oxygens (including phenoxy) is 2. The average Bonchev–Trinajstić information content (AvgIpc) is 2.36. The summed E-state index contributed by atoms with van der Waals surface area (Å²) >= 11 is 0. The second kappa shape index (κ2) is 4.72. The summed E-state index contributed by atoms with van der Waals surface area (Å²) in [6, 6.07) is 4.14. The molecule has 1 atom stereocenters. The molecular formula is C13H18N2O2. The molecule has 4 nitrogen and oxygen atoms in total. The van der Waals surface area contributed by atoms with Gasteiger partial charge in [-0.3, -0.25) is 4.98 Å². The van der Waals surface area contributed by atoms with Crippen molar-refractivity contribution in [2.45, 2.75) is 17.9 Å². The largest absolute Gasteiger partial charge is 0.379 e. The van der Waals surface area contributed by atoms with Gasteiger partial charge in [0, 0.05) is 30.9 Å². The molecule has 0 radical (unpaired) electrons. The first-order valence-corrected chi connectivity index (χ1v) is 6.20. The fourth-order valence-electron chi connectivity index (χ4n) is 2.61. The van der Waals surface area contributed by atoms with Crippen LogP contribution in [0.5, 0.6) is 0 Å². The Hall–Kier alpha value is -0.970. The molecule has 1 N–H and O–H groups in total. The molecule has 2 aliphatic heterocycles. The summed E-state index contributed by atoms with van der Waals surface area (Å²) in [5, 5.41) is 3.38. The zero-order valence-corrected chi connectivity index (χ0v) is 9.89. The Labute approximate surface area is 101 Å². The molecule has 92 valence electrons. The molecule has 17 heavy (non-hydrogen) atoms. The highest BCUT2D eigenvalue weighted by Crippen LogP contribution is 2.37. The predicted molar refractivity (Wildman–Crippen MR) is 64.0 cm³/mol. The van der Waals surface area contributed by atoms with E-state index in [0.29, 0.717) is 6.10 Å². The number of pyridine rings is 1. The summed E-state index contributed by atoms with van der Waals surface area (Å²) in [6.45, 7) is 4.31. The van der Waals surface area contributed by atoms with Gasteiger partial charge in [-0.1, -0.05) is 6.07 Å².